The van der Waals surface area contributed by atoms with Crippen molar-refractivity contribution >= 4 is 29.1 Å². The highest BCUT2D eigenvalue weighted by Gasteiger charge is 2.29. The topological polar surface area (TPSA) is 65.5 Å². The van der Waals surface area contributed by atoms with E-state index in [9.17, 15) is 9.59 Å². The number of halogens is 1. The molecular formula is C29H31ClN4O2. The van der Waals surface area contributed by atoms with E-state index in [4.69, 9.17) is 11.6 Å². The van der Waals surface area contributed by atoms with Crippen molar-refractivity contribution in [2.24, 2.45) is 0 Å². The molecule has 0 bridgehead atoms. The van der Waals surface area contributed by atoms with Crippen molar-refractivity contribution < 1.29 is 9.59 Å². The number of pyridine rings is 1. The number of nitrogens with zero attached hydrogens (tertiary/aromatic N) is 3. The first-order chi connectivity index (χ1) is 17.4. The second-order valence-electron chi connectivity index (χ2n) is 9.75. The molecule has 1 aliphatic heterocycles. The van der Waals surface area contributed by atoms with Crippen LogP contribution in [0.1, 0.15) is 62.8 Å². The second-order valence-corrected chi connectivity index (χ2v) is 10.2. The maximum Gasteiger partial charge on any atom is 0.253 e. The van der Waals surface area contributed by atoms with Gasteiger partial charge in [-0.05, 0) is 80.1 Å². The van der Waals surface area contributed by atoms with Gasteiger partial charge in [-0.2, -0.15) is 0 Å². The first-order valence-corrected chi connectivity index (χ1v) is 12.9. The van der Waals surface area contributed by atoms with E-state index in [-0.39, 0.29) is 23.9 Å². The van der Waals surface area contributed by atoms with Crippen molar-refractivity contribution in [2.45, 2.75) is 44.7 Å². The Morgan fingerprint density at radius 1 is 1.06 bits per heavy atom. The third-order valence-corrected chi connectivity index (χ3v) is 7.80. The summed E-state index contributed by atoms with van der Waals surface area (Å²) < 4.78 is 0. The van der Waals surface area contributed by atoms with E-state index in [0.29, 0.717) is 16.1 Å². The number of anilines is 1. The molecule has 1 saturated heterocycles. The van der Waals surface area contributed by atoms with Crippen molar-refractivity contribution in [1.29, 1.82) is 0 Å². The lowest BCUT2D eigenvalue weighted by Gasteiger charge is -2.38. The van der Waals surface area contributed by atoms with Crippen LogP contribution in [0.5, 0.6) is 0 Å². The second kappa shape index (κ2) is 10.3. The van der Waals surface area contributed by atoms with Crippen LogP contribution in [-0.2, 0) is 6.42 Å². The molecule has 3 aromatic rings. The molecule has 2 amide bonds. The number of piperidine rings is 1. The van der Waals surface area contributed by atoms with Crippen molar-refractivity contribution in [3.8, 4) is 0 Å². The number of hydrogen-bond acceptors (Lipinski definition) is 4. The van der Waals surface area contributed by atoms with Crippen LogP contribution < -0.4 is 10.2 Å². The van der Waals surface area contributed by atoms with Crippen LogP contribution in [0.3, 0.4) is 0 Å². The van der Waals surface area contributed by atoms with Crippen LogP contribution >= 0.6 is 11.6 Å². The number of amides is 2. The lowest BCUT2D eigenvalue weighted by atomic mass is 10.00. The normalized spacial score (nSPS) is 17.5. The molecule has 0 spiro atoms. The average Bonchev–Trinajstić information content (AvgIpc) is 3.30. The van der Waals surface area contributed by atoms with Gasteiger partial charge in [-0.15, -0.1) is 0 Å². The van der Waals surface area contributed by atoms with Gasteiger partial charge in [-0.1, -0.05) is 29.8 Å². The van der Waals surface area contributed by atoms with E-state index in [2.05, 4.69) is 21.3 Å². The lowest BCUT2D eigenvalue weighted by Crippen LogP contribution is -2.45. The summed E-state index contributed by atoms with van der Waals surface area (Å²) in [4.78, 5) is 34.8. The van der Waals surface area contributed by atoms with Crippen molar-refractivity contribution in [3.63, 3.8) is 0 Å². The number of aromatic nitrogens is 1. The summed E-state index contributed by atoms with van der Waals surface area (Å²) in [6.07, 6.45) is 5.38. The Balaban J connectivity index is 1.25. The fourth-order valence-corrected chi connectivity index (χ4v) is 5.60. The fourth-order valence-electron chi connectivity index (χ4n) is 5.37. The van der Waals surface area contributed by atoms with E-state index >= 15 is 0 Å². The molecule has 186 valence electrons. The Bertz CT molecular complexity index is 1290. The third-order valence-electron chi connectivity index (χ3n) is 7.47. The van der Waals surface area contributed by atoms with E-state index in [1.54, 1.807) is 18.2 Å². The maximum atomic E-state index is 13.4. The summed E-state index contributed by atoms with van der Waals surface area (Å²) in [7, 11) is 1.91. The van der Waals surface area contributed by atoms with E-state index in [1.807, 2.05) is 55.4 Å². The third kappa shape index (κ3) is 4.96. The number of fused-ring (bicyclic) bond motifs is 1. The number of carbonyl (C=O) groups is 2. The van der Waals surface area contributed by atoms with Crippen LogP contribution in [0.25, 0.3) is 0 Å². The Kier molecular flexibility index (Phi) is 6.97. The molecule has 1 N–H and O–H groups in total. The van der Waals surface area contributed by atoms with Gasteiger partial charge in [-0.3, -0.25) is 14.6 Å². The number of aryl methyl sites for hydroxylation is 2. The summed E-state index contributed by atoms with van der Waals surface area (Å²) in [5.74, 6) is -0.164. The minimum absolute atomic E-state index is 0.0269. The molecule has 0 saturated carbocycles. The van der Waals surface area contributed by atoms with Gasteiger partial charge >= 0.3 is 0 Å². The first kappa shape index (κ1) is 24.3. The predicted molar refractivity (Wildman–Crippen MR) is 143 cm³/mol. The molecule has 6 nitrogen and oxygen atoms in total. The Morgan fingerprint density at radius 2 is 1.83 bits per heavy atom. The average molecular weight is 503 g/mol. The van der Waals surface area contributed by atoms with Crippen molar-refractivity contribution in [2.75, 3.05) is 25.0 Å². The molecule has 1 aromatic heterocycles. The number of rotatable bonds is 5. The predicted octanol–water partition coefficient (Wildman–Crippen LogP) is 5.20. The maximum absolute atomic E-state index is 13.4. The molecule has 36 heavy (non-hydrogen) atoms. The van der Waals surface area contributed by atoms with Crippen LogP contribution in [0.2, 0.25) is 5.02 Å². The van der Waals surface area contributed by atoms with Gasteiger partial charge in [0.2, 0.25) is 0 Å². The number of carbonyl (C=O) groups excluding carboxylic acids is 2. The lowest BCUT2D eigenvalue weighted by molar-refractivity contribution is 0.0709. The van der Waals surface area contributed by atoms with Crippen LogP contribution in [0.4, 0.5) is 5.69 Å². The van der Waals surface area contributed by atoms with Gasteiger partial charge in [0.1, 0.15) is 0 Å². The zero-order valence-corrected chi connectivity index (χ0v) is 21.5. The van der Waals surface area contributed by atoms with Gasteiger partial charge in [0.05, 0.1) is 16.6 Å². The van der Waals surface area contributed by atoms with Gasteiger partial charge in [0.15, 0.2) is 0 Å². The Labute approximate surface area is 217 Å². The molecule has 0 unspecified atom stereocenters. The number of nitrogens with one attached hydrogen (secondary N) is 1. The molecule has 0 radical (unpaired) electrons. The molecule has 2 aromatic carbocycles. The number of benzene rings is 2. The van der Waals surface area contributed by atoms with Gasteiger partial charge < -0.3 is 15.1 Å². The summed E-state index contributed by atoms with van der Waals surface area (Å²) in [5.41, 5.74) is 5.55. The van der Waals surface area contributed by atoms with E-state index < -0.39 is 0 Å². The van der Waals surface area contributed by atoms with Crippen LogP contribution in [0, 0.1) is 6.92 Å². The summed E-state index contributed by atoms with van der Waals surface area (Å²) >= 11 is 6.21. The summed E-state index contributed by atoms with van der Waals surface area (Å²) in [6, 6.07) is 17.2. The molecule has 5 rings (SSSR count). The largest absolute Gasteiger partial charge is 0.371 e. The van der Waals surface area contributed by atoms with E-state index in [1.165, 1.54) is 11.3 Å². The highest BCUT2D eigenvalue weighted by Crippen LogP contribution is 2.33. The van der Waals surface area contributed by atoms with Crippen LogP contribution in [-0.4, -0.2) is 47.9 Å². The molecule has 7 heteroatoms. The fraction of sp³-hybridized carbons (Fsp3) is 0.345. The van der Waals surface area contributed by atoms with Crippen LogP contribution in [0.15, 0.2) is 60.8 Å². The number of hydrogen-bond donors (Lipinski definition) is 1. The van der Waals surface area contributed by atoms with Crippen molar-refractivity contribution in [1.82, 2.24) is 15.2 Å². The monoisotopic (exact) mass is 502 g/mol. The van der Waals surface area contributed by atoms with E-state index in [0.717, 1.165) is 50.0 Å². The van der Waals surface area contributed by atoms with Gasteiger partial charge in [-0.25, -0.2) is 0 Å². The van der Waals surface area contributed by atoms with Gasteiger partial charge in [0, 0.05) is 49.3 Å². The molecular weight excluding hydrogens is 472 g/mol. The Hall–Kier alpha value is -3.38. The first-order valence-electron chi connectivity index (χ1n) is 12.5. The zero-order chi connectivity index (χ0) is 25.2. The standard InChI is InChI=1S/C29H31ClN4O2/c1-19-17-23(11-14-31-19)34-15-12-22(13-16-34)33(2)29(36)21-8-7-20-9-10-27(25(20)18-21)32-28(35)24-5-3-4-6-26(24)30/h3-8,11,14,17-18,22,27H,9-10,12-13,15-16H2,1-2H3,(H,32,35)/t27-/m1/s1. The summed E-state index contributed by atoms with van der Waals surface area (Å²) in [6.45, 7) is 3.82. The molecule has 2 heterocycles. The molecule has 2 aliphatic rings. The quantitative estimate of drug-likeness (QED) is 0.520. The van der Waals surface area contributed by atoms with Crippen molar-refractivity contribution in [3.05, 3.63) is 93.8 Å². The molecule has 1 atom stereocenters. The minimum Gasteiger partial charge on any atom is -0.371 e. The van der Waals surface area contributed by atoms with Gasteiger partial charge in [0.25, 0.3) is 11.8 Å². The molecule has 1 aliphatic carbocycles. The summed E-state index contributed by atoms with van der Waals surface area (Å²) in [5, 5.41) is 3.55. The molecule has 1 fully saturated rings. The zero-order valence-electron chi connectivity index (χ0n) is 20.7. The smallest absolute Gasteiger partial charge is 0.253 e. The highest BCUT2D eigenvalue weighted by molar-refractivity contribution is 6.33. The minimum atomic E-state index is -0.191. The highest BCUT2D eigenvalue weighted by atomic mass is 35.5. The SMILES string of the molecule is Cc1cc(N2CCC(N(C)C(=O)c3ccc4c(c3)[C@H](NC(=O)c3ccccc3Cl)CC4)CC2)ccn1. The Morgan fingerprint density at radius 3 is 2.58 bits per heavy atom.